The maximum atomic E-state index is 13.0. The summed E-state index contributed by atoms with van der Waals surface area (Å²) in [6.07, 6.45) is 7.68. The van der Waals surface area contributed by atoms with E-state index in [1.165, 1.54) is 18.4 Å². The summed E-state index contributed by atoms with van der Waals surface area (Å²) in [7, 11) is -3.70. The van der Waals surface area contributed by atoms with E-state index in [-0.39, 0.29) is 18.7 Å². The molecule has 0 spiro atoms. The number of esters is 1. The first-order chi connectivity index (χ1) is 9.97. The van der Waals surface area contributed by atoms with Gasteiger partial charge in [-0.2, -0.15) is 0 Å². The third kappa shape index (κ3) is 5.79. The first-order valence-corrected chi connectivity index (χ1v) is 8.32. The van der Waals surface area contributed by atoms with Crippen LogP contribution in [0.3, 0.4) is 0 Å². The van der Waals surface area contributed by atoms with Crippen LogP contribution >= 0.6 is 7.37 Å². The van der Waals surface area contributed by atoms with Gasteiger partial charge in [0.2, 0.25) is 0 Å². The van der Waals surface area contributed by atoms with Gasteiger partial charge in [-0.3, -0.25) is 9.56 Å². The predicted octanol–water partition coefficient (Wildman–Crippen LogP) is 2.82. The van der Waals surface area contributed by atoms with Gasteiger partial charge in [-0.15, -0.1) is 0 Å². The maximum absolute atomic E-state index is 13.0. The molecule has 0 saturated heterocycles. The minimum atomic E-state index is -3.70. The summed E-state index contributed by atoms with van der Waals surface area (Å²) >= 11 is 0. The smallest absolute Gasteiger partial charge is 0.333 e. The average Bonchev–Trinajstić information content (AvgIpc) is 2.46. The summed E-state index contributed by atoms with van der Waals surface area (Å²) in [5, 5.41) is 0. The molecule has 2 N–H and O–H groups in total. The van der Waals surface area contributed by atoms with Crippen molar-refractivity contribution in [1.82, 2.24) is 0 Å². The van der Waals surface area contributed by atoms with E-state index in [1.807, 2.05) is 6.92 Å². The Bertz CT molecular complexity index is 483. The second-order valence-electron chi connectivity index (χ2n) is 3.78. The summed E-state index contributed by atoms with van der Waals surface area (Å²) < 4.78 is 23.1. The molecule has 0 aromatic heterocycles. The quantitative estimate of drug-likeness (QED) is 0.306. The van der Waals surface area contributed by atoms with Crippen LogP contribution in [-0.2, 0) is 18.6 Å². The number of hydrogen-bond acceptors (Lipinski definition) is 6. The number of nitrogens with zero attached hydrogens (tertiary/aromatic N) is 1. The molecule has 6 nitrogen and oxygen atoms in total. The molecule has 0 radical (unpaired) electrons. The maximum Gasteiger partial charge on any atom is 0.333 e. The molecule has 0 rings (SSSR count). The zero-order valence-electron chi connectivity index (χ0n) is 12.7. The Labute approximate surface area is 125 Å². The summed E-state index contributed by atoms with van der Waals surface area (Å²) in [5.74, 6) is -2.21. The molecular formula is C14H23N2O4P. The largest absolute Gasteiger partial charge is 0.464 e. The Kier molecular flexibility index (Phi) is 9.54. The van der Waals surface area contributed by atoms with Crippen LogP contribution in [0.4, 0.5) is 0 Å². The number of hydrogen-bond donors (Lipinski definition) is 1. The highest BCUT2D eigenvalue weighted by Gasteiger charge is 2.41. The Balaban J connectivity index is 5.66. The predicted molar refractivity (Wildman–Crippen MR) is 85.4 cm³/mol. The van der Waals surface area contributed by atoms with Crippen LogP contribution in [0.2, 0.25) is 0 Å². The topological polar surface area (TPSA) is 91.0 Å². The lowest BCUT2D eigenvalue weighted by atomic mass is 10.5. The number of allylic oxidation sites excluding steroid dienone is 4. The number of carbonyl (C=O) groups excluding carboxylic acids is 1. The van der Waals surface area contributed by atoms with Gasteiger partial charge in [-0.1, -0.05) is 18.7 Å². The van der Waals surface area contributed by atoms with E-state index in [2.05, 4.69) is 11.6 Å². The van der Waals surface area contributed by atoms with Crippen molar-refractivity contribution in [3.8, 4) is 0 Å². The van der Waals surface area contributed by atoms with Crippen molar-refractivity contribution in [1.29, 1.82) is 0 Å². The lowest BCUT2D eigenvalue weighted by Gasteiger charge is -2.22. The fourth-order valence-corrected chi connectivity index (χ4v) is 3.24. The summed E-state index contributed by atoms with van der Waals surface area (Å²) in [6, 6.07) is 0. The van der Waals surface area contributed by atoms with E-state index in [9.17, 15) is 9.36 Å². The standard InChI is InChI=1S/C14H23N2O4P/c1-5-9-11-16-12(10-6-2)21(18,20-8-4)13(15)14(17)19-7-3/h5-6,9-11,13H,2,7-8,15H2,1,3-4H3/b9-5-,12-10+,16-11-. The van der Waals surface area contributed by atoms with Crippen LogP contribution in [0.5, 0.6) is 0 Å². The van der Waals surface area contributed by atoms with Crippen molar-refractivity contribution in [2.45, 2.75) is 26.6 Å². The summed E-state index contributed by atoms with van der Waals surface area (Å²) in [4.78, 5) is 15.8. The summed E-state index contributed by atoms with van der Waals surface area (Å²) in [6.45, 7) is 8.92. The molecule has 0 aliphatic carbocycles. The third-order valence-corrected chi connectivity index (χ3v) is 4.77. The average molecular weight is 314 g/mol. The van der Waals surface area contributed by atoms with E-state index in [0.29, 0.717) is 0 Å². The van der Waals surface area contributed by atoms with Crippen LogP contribution in [0.1, 0.15) is 20.8 Å². The van der Waals surface area contributed by atoms with E-state index in [4.69, 9.17) is 15.0 Å². The molecule has 0 aromatic rings. The molecule has 0 saturated carbocycles. The molecule has 2 unspecified atom stereocenters. The normalized spacial score (nSPS) is 16.9. The number of carbonyl (C=O) groups is 1. The van der Waals surface area contributed by atoms with Gasteiger partial charge >= 0.3 is 5.97 Å². The lowest BCUT2D eigenvalue weighted by Crippen LogP contribution is -2.33. The third-order valence-electron chi connectivity index (χ3n) is 2.29. The summed E-state index contributed by atoms with van der Waals surface area (Å²) in [5.41, 5.74) is 5.84. The van der Waals surface area contributed by atoms with Crippen molar-refractivity contribution in [2.24, 2.45) is 10.7 Å². The fourth-order valence-electron chi connectivity index (χ4n) is 1.39. The van der Waals surface area contributed by atoms with Crippen LogP contribution < -0.4 is 5.73 Å². The number of aliphatic imine (C=N–C) groups is 1. The van der Waals surface area contributed by atoms with Crippen LogP contribution in [0.25, 0.3) is 0 Å². The lowest BCUT2D eigenvalue weighted by molar-refractivity contribution is -0.142. The SMILES string of the molecule is C=C\C=C(/N=C\C=C/C)P(=O)(OCC)C(N)C(=O)OCC. The van der Waals surface area contributed by atoms with Crippen molar-refractivity contribution in [3.63, 3.8) is 0 Å². The van der Waals surface area contributed by atoms with Crippen molar-refractivity contribution in [3.05, 3.63) is 36.3 Å². The molecule has 0 aromatic carbocycles. The minimum absolute atomic E-state index is 0.0676. The zero-order valence-corrected chi connectivity index (χ0v) is 13.6. The highest BCUT2D eigenvalue weighted by atomic mass is 31.2. The molecule has 0 amide bonds. The molecule has 0 aliphatic heterocycles. The van der Waals surface area contributed by atoms with Gasteiger partial charge in [0.05, 0.1) is 13.2 Å². The molecule has 21 heavy (non-hydrogen) atoms. The van der Waals surface area contributed by atoms with Gasteiger partial charge in [0.1, 0.15) is 5.44 Å². The van der Waals surface area contributed by atoms with Gasteiger partial charge < -0.3 is 15.0 Å². The van der Waals surface area contributed by atoms with Crippen molar-refractivity contribution < 1.29 is 18.6 Å². The molecule has 0 aliphatic rings. The van der Waals surface area contributed by atoms with Gasteiger partial charge in [-0.25, -0.2) is 4.79 Å². The van der Waals surface area contributed by atoms with Crippen molar-refractivity contribution in [2.75, 3.05) is 13.2 Å². The second-order valence-corrected chi connectivity index (χ2v) is 6.24. The molecule has 2 atom stereocenters. The zero-order chi connectivity index (χ0) is 16.3. The van der Waals surface area contributed by atoms with E-state index < -0.39 is 19.1 Å². The highest BCUT2D eigenvalue weighted by Crippen LogP contribution is 2.58. The van der Waals surface area contributed by atoms with E-state index in [1.54, 1.807) is 26.0 Å². The van der Waals surface area contributed by atoms with Crippen LogP contribution in [-0.4, -0.2) is 31.2 Å². The Morgan fingerprint density at radius 2 is 2.10 bits per heavy atom. The Morgan fingerprint density at radius 3 is 2.57 bits per heavy atom. The Morgan fingerprint density at radius 1 is 1.43 bits per heavy atom. The molecule has 0 fully saturated rings. The van der Waals surface area contributed by atoms with Gasteiger partial charge in [0.15, 0.2) is 5.78 Å². The highest BCUT2D eigenvalue weighted by molar-refractivity contribution is 7.65. The van der Waals surface area contributed by atoms with E-state index in [0.717, 1.165) is 0 Å². The number of ether oxygens (including phenoxy) is 1. The van der Waals surface area contributed by atoms with Crippen molar-refractivity contribution >= 4 is 19.6 Å². The Hall–Kier alpha value is -1.49. The first-order valence-electron chi connectivity index (χ1n) is 6.62. The molecule has 0 bridgehead atoms. The van der Waals surface area contributed by atoms with Gasteiger partial charge in [0, 0.05) is 6.21 Å². The minimum Gasteiger partial charge on any atom is -0.464 e. The molecular weight excluding hydrogens is 291 g/mol. The molecule has 0 heterocycles. The van der Waals surface area contributed by atoms with Crippen LogP contribution in [0.15, 0.2) is 41.3 Å². The number of rotatable bonds is 9. The monoisotopic (exact) mass is 314 g/mol. The molecule has 7 heteroatoms. The number of nitrogens with two attached hydrogens (primary N) is 1. The first kappa shape index (κ1) is 19.5. The van der Waals surface area contributed by atoms with Gasteiger partial charge in [-0.05, 0) is 32.9 Å². The van der Waals surface area contributed by atoms with Gasteiger partial charge in [0.25, 0.3) is 7.37 Å². The molecule has 118 valence electrons. The fraction of sp³-hybridized carbons (Fsp3) is 0.429. The van der Waals surface area contributed by atoms with Crippen LogP contribution in [0, 0.1) is 0 Å². The second kappa shape index (κ2) is 10.3. The van der Waals surface area contributed by atoms with E-state index >= 15 is 0 Å².